The summed E-state index contributed by atoms with van der Waals surface area (Å²) in [5.74, 6) is -2.05. The summed E-state index contributed by atoms with van der Waals surface area (Å²) in [7, 11) is 0. The lowest BCUT2D eigenvalue weighted by Crippen LogP contribution is -2.16. The quantitative estimate of drug-likeness (QED) is 0.436. The molecule has 112 valence electrons. The van der Waals surface area contributed by atoms with Crippen LogP contribution in [-0.4, -0.2) is 12.6 Å². The van der Waals surface area contributed by atoms with Crippen LogP contribution in [0.3, 0.4) is 0 Å². The average molecular weight is 292 g/mol. The summed E-state index contributed by atoms with van der Waals surface area (Å²) in [5.41, 5.74) is -1.97. The summed E-state index contributed by atoms with van der Waals surface area (Å²) in [6.07, 6.45) is -1.35. The molecular formula is C14H16F4O2. The van der Waals surface area contributed by atoms with Crippen molar-refractivity contribution in [1.82, 2.24) is 0 Å². The van der Waals surface area contributed by atoms with Gasteiger partial charge in [0.05, 0.1) is 17.7 Å². The van der Waals surface area contributed by atoms with Crippen LogP contribution < -0.4 is 0 Å². The molecule has 0 fully saturated rings. The van der Waals surface area contributed by atoms with Crippen molar-refractivity contribution in [1.29, 1.82) is 0 Å². The van der Waals surface area contributed by atoms with Crippen molar-refractivity contribution in [3.63, 3.8) is 0 Å². The molecule has 0 bridgehead atoms. The van der Waals surface area contributed by atoms with Gasteiger partial charge in [-0.1, -0.05) is 26.2 Å². The Balaban J connectivity index is 2.74. The van der Waals surface area contributed by atoms with Gasteiger partial charge in [0.15, 0.2) is 0 Å². The molecule has 20 heavy (non-hydrogen) atoms. The third-order valence-corrected chi connectivity index (χ3v) is 2.74. The van der Waals surface area contributed by atoms with Crippen LogP contribution in [-0.2, 0) is 10.9 Å². The van der Waals surface area contributed by atoms with Gasteiger partial charge in [0.2, 0.25) is 0 Å². The number of esters is 1. The van der Waals surface area contributed by atoms with Crippen molar-refractivity contribution >= 4 is 5.97 Å². The largest absolute Gasteiger partial charge is 0.462 e. The fourth-order valence-corrected chi connectivity index (χ4v) is 1.70. The number of carbonyl (C=O) groups is 1. The standard InChI is InChI=1S/C14H16F4O2/c1-2-3-4-5-8-20-13(19)11-9-10(15)6-7-12(11)14(16,17)18/h6-7,9H,2-5,8H2,1H3. The Labute approximate surface area is 114 Å². The van der Waals surface area contributed by atoms with E-state index in [1.807, 2.05) is 6.92 Å². The number of halogens is 4. The molecule has 0 aromatic heterocycles. The van der Waals surface area contributed by atoms with Crippen LogP contribution in [0.1, 0.15) is 48.5 Å². The third kappa shape index (κ3) is 4.83. The summed E-state index contributed by atoms with van der Waals surface area (Å²) in [4.78, 5) is 11.6. The van der Waals surface area contributed by atoms with Gasteiger partial charge < -0.3 is 4.74 Å². The van der Waals surface area contributed by atoms with Crippen molar-refractivity contribution in [2.75, 3.05) is 6.61 Å². The van der Waals surface area contributed by atoms with E-state index in [4.69, 9.17) is 4.74 Å². The minimum Gasteiger partial charge on any atom is -0.462 e. The molecule has 0 radical (unpaired) electrons. The highest BCUT2D eigenvalue weighted by molar-refractivity contribution is 5.91. The number of alkyl halides is 3. The number of benzene rings is 1. The van der Waals surface area contributed by atoms with Gasteiger partial charge in [0.1, 0.15) is 5.82 Å². The van der Waals surface area contributed by atoms with E-state index in [0.717, 1.165) is 19.3 Å². The molecule has 2 nitrogen and oxygen atoms in total. The van der Waals surface area contributed by atoms with Crippen LogP contribution in [0, 0.1) is 5.82 Å². The maximum Gasteiger partial charge on any atom is 0.417 e. The van der Waals surface area contributed by atoms with Crippen LogP contribution in [0.4, 0.5) is 17.6 Å². The first-order valence-electron chi connectivity index (χ1n) is 6.40. The Morgan fingerprint density at radius 2 is 1.90 bits per heavy atom. The fraction of sp³-hybridized carbons (Fsp3) is 0.500. The molecule has 0 saturated carbocycles. The smallest absolute Gasteiger partial charge is 0.417 e. The van der Waals surface area contributed by atoms with Gasteiger partial charge in [-0.3, -0.25) is 0 Å². The molecule has 0 unspecified atom stereocenters. The molecule has 1 aromatic carbocycles. The molecule has 1 rings (SSSR count). The van der Waals surface area contributed by atoms with Crippen molar-refractivity contribution in [2.24, 2.45) is 0 Å². The van der Waals surface area contributed by atoms with Gasteiger partial charge in [-0.15, -0.1) is 0 Å². The zero-order valence-corrected chi connectivity index (χ0v) is 11.1. The molecule has 0 aliphatic carbocycles. The van der Waals surface area contributed by atoms with E-state index in [9.17, 15) is 22.4 Å². The first kappa shape index (κ1) is 16.5. The van der Waals surface area contributed by atoms with E-state index in [1.54, 1.807) is 0 Å². The van der Waals surface area contributed by atoms with Crippen molar-refractivity contribution in [3.05, 3.63) is 35.1 Å². The number of hydrogen-bond acceptors (Lipinski definition) is 2. The average Bonchev–Trinajstić information content (AvgIpc) is 2.36. The van der Waals surface area contributed by atoms with Crippen LogP contribution in [0.15, 0.2) is 18.2 Å². The van der Waals surface area contributed by atoms with Crippen molar-refractivity contribution in [2.45, 2.75) is 38.8 Å². The Morgan fingerprint density at radius 1 is 1.20 bits per heavy atom. The van der Waals surface area contributed by atoms with Crippen LogP contribution in [0.25, 0.3) is 0 Å². The van der Waals surface area contributed by atoms with E-state index >= 15 is 0 Å². The van der Waals surface area contributed by atoms with Gasteiger partial charge in [-0.25, -0.2) is 9.18 Å². The summed E-state index contributed by atoms with van der Waals surface area (Å²) in [6.45, 7) is 2.04. The number of hydrogen-bond donors (Lipinski definition) is 0. The third-order valence-electron chi connectivity index (χ3n) is 2.74. The second-order valence-corrected chi connectivity index (χ2v) is 4.38. The summed E-state index contributed by atoms with van der Waals surface area (Å²) < 4.78 is 55.9. The van der Waals surface area contributed by atoms with E-state index in [1.165, 1.54) is 0 Å². The highest BCUT2D eigenvalue weighted by atomic mass is 19.4. The predicted molar refractivity (Wildman–Crippen MR) is 65.8 cm³/mol. The summed E-state index contributed by atoms with van der Waals surface area (Å²) in [5, 5.41) is 0. The lowest BCUT2D eigenvalue weighted by Gasteiger charge is -2.12. The second-order valence-electron chi connectivity index (χ2n) is 4.38. The lowest BCUT2D eigenvalue weighted by atomic mass is 10.1. The maximum absolute atomic E-state index is 13.0. The zero-order valence-electron chi connectivity index (χ0n) is 11.1. The molecule has 1 aromatic rings. The SMILES string of the molecule is CCCCCCOC(=O)c1cc(F)ccc1C(F)(F)F. The van der Waals surface area contributed by atoms with Gasteiger partial charge in [0, 0.05) is 0 Å². The van der Waals surface area contributed by atoms with Gasteiger partial charge >= 0.3 is 12.1 Å². The lowest BCUT2D eigenvalue weighted by molar-refractivity contribution is -0.138. The molecule has 0 heterocycles. The Bertz CT molecular complexity index is 455. The molecule has 0 N–H and O–H groups in total. The fourth-order valence-electron chi connectivity index (χ4n) is 1.70. The molecular weight excluding hydrogens is 276 g/mol. The Morgan fingerprint density at radius 3 is 2.50 bits per heavy atom. The predicted octanol–water partition coefficient (Wildman–Crippen LogP) is 4.58. The summed E-state index contributed by atoms with van der Waals surface area (Å²) in [6, 6.07) is 1.76. The van der Waals surface area contributed by atoms with E-state index < -0.39 is 29.1 Å². The summed E-state index contributed by atoms with van der Waals surface area (Å²) >= 11 is 0. The highest BCUT2D eigenvalue weighted by Gasteiger charge is 2.35. The molecule has 0 spiro atoms. The molecule has 0 amide bonds. The van der Waals surface area contributed by atoms with Gasteiger partial charge in [-0.2, -0.15) is 13.2 Å². The molecule has 6 heteroatoms. The molecule has 0 atom stereocenters. The highest BCUT2D eigenvalue weighted by Crippen LogP contribution is 2.32. The minimum absolute atomic E-state index is 0.0344. The number of ether oxygens (including phenoxy) is 1. The molecule has 0 aliphatic heterocycles. The van der Waals surface area contributed by atoms with E-state index in [2.05, 4.69) is 0 Å². The molecule has 0 saturated heterocycles. The number of rotatable bonds is 6. The second kappa shape index (κ2) is 7.26. The van der Waals surface area contributed by atoms with Crippen molar-refractivity contribution < 1.29 is 27.1 Å². The normalized spacial score (nSPS) is 11.4. The first-order valence-corrected chi connectivity index (χ1v) is 6.40. The zero-order chi connectivity index (χ0) is 15.2. The topological polar surface area (TPSA) is 26.3 Å². The first-order chi connectivity index (χ1) is 9.36. The maximum atomic E-state index is 13.0. The molecule has 0 aliphatic rings. The van der Waals surface area contributed by atoms with Crippen molar-refractivity contribution in [3.8, 4) is 0 Å². The van der Waals surface area contributed by atoms with Crippen LogP contribution >= 0.6 is 0 Å². The van der Waals surface area contributed by atoms with Gasteiger partial charge in [-0.05, 0) is 24.6 Å². The van der Waals surface area contributed by atoms with Crippen LogP contribution in [0.2, 0.25) is 0 Å². The van der Waals surface area contributed by atoms with E-state index in [0.29, 0.717) is 24.6 Å². The van der Waals surface area contributed by atoms with Gasteiger partial charge in [0.25, 0.3) is 0 Å². The number of carbonyl (C=O) groups excluding carboxylic acids is 1. The monoisotopic (exact) mass is 292 g/mol. The minimum atomic E-state index is -4.72. The number of unbranched alkanes of at least 4 members (excludes halogenated alkanes) is 3. The Hall–Kier alpha value is -1.59. The Kier molecular flexibility index (Phi) is 5.98. The van der Waals surface area contributed by atoms with Crippen LogP contribution in [0.5, 0.6) is 0 Å². The van der Waals surface area contributed by atoms with E-state index in [-0.39, 0.29) is 6.61 Å².